The second-order valence-corrected chi connectivity index (χ2v) is 8.42. The van der Waals surface area contributed by atoms with E-state index in [2.05, 4.69) is 29.1 Å². The van der Waals surface area contributed by atoms with E-state index in [0.29, 0.717) is 41.1 Å². The first-order chi connectivity index (χ1) is 18.1. The quantitative estimate of drug-likeness (QED) is 0.179. The molecule has 0 bridgehead atoms. The Morgan fingerprint density at radius 1 is 1.05 bits per heavy atom. The number of rotatable bonds is 10. The van der Waals surface area contributed by atoms with Crippen LogP contribution in [0.2, 0.25) is 0 Å². The molecule has 0 amide bonds. The van der Waals surface area contributed by atoms with Gasteiger partial charge in [-0.25, -0.2) is 0 Å². The van der Waals surface area contributed by atoms with Gasteiger partial charge in [0.1, 0.15) is 0 Å². The predicted molar refractivity (Wildman–Crippen MR) is 150 cm³/mol. The average molecular weight is 515 g/mol. The molecule has 0 heterocycles. The first-order valence-corrected chi connectivity index (χ1v) is 11.9. The van der Waals surface area contributed by atoms with Crippen molar-refractivity contribution in [2.24, 2.45) is 0 Å². The zero-order chi connectivity index (χ0) is 28.1. The molecule has 195 valence electrons. The zero-order valence-electron chi connectivity index (χ0n) is 21.6. The number of hydrogen-bond acceptors (Lipinski definition) is 4. The van der Waals surface area contributed by atoms with Crippen LogP contribution in [0.1, 0.15) is 35.2 Å². The van der Waals surface area contributed by atoms with Crippen LogP contribution in [0.3, 0.4) is 0 Å². The number of nitriles is 1. The van der Waals surface area contributed by atoms with Crippen LogP contribution in [-0.4, -0.2) is 26.7 Å². The maximum atomic E-state index is 13.6. The van der Waals surface area contributed by atoms with Gasteiger partial charge in [-0.15, -0.1) is 0 Å². The van der Waals surface area contributed by atoms with E-state index in [1.165, 1.54) is 12.1 Å². The third-order valence-electron chi connectivity index (χ3n) is 5.58. The van der Waals surface area contributed by atoms with E-state index in [0.717, 1.165) is 11.1 Å². The van der Waals surface area contributed by atoms with E-state index in [9.17, 15) is 13.2 Å². The molecule has 0 spiro atoms. The third kappa shape index (κ3) is 9.09. The van der Waals surface area contributed by atoms with Crippen molar-refractivity contribution in [2.45, 2.75) is 25.7 Å². The fourth-order valence-corrected chi connectivity index (χ4v) is 3.55. The molecule has 0 aliphatic carbocycles. The van der Waals surface area contributed by atoms with Crippen molar-refractivity contribution in [2.75, 3.05) is 13.6 Å². The number of allylic oxidation sites excluding steroid dienone is 1. The molecule has 3 aromatic carbocycles. The van der Waals surface area contributed by atoms with Crippen LogP contribution in [0.15, 0.2) is 97.7 Å². The van der Waals surface area contributed by atoms with Crippen LogP contribution in [0.4, 0.5) is 13.2 Å². The number of nitrogens with one attached hydrogen (secondary N) is 3. The zero-order valence-corrected chi connectivity index (χ0v) is 21.6. The molecule has 4 nitrogen and oxygen atoms in total. The third-order valence-corrected chi connectivity index (χ3v) is 5.58. The number of halogens is 3. The van der Waals surface area contributed by atoms with Gasteiger partial charge in [0.05, 0.1) is 12.6 Å². The molecule has 1 unspecified atom stereocenters. The summed E-state index contributed by atoms with van der Waals surface area (Å²) in [5.41, 5.74) is 3.76. The summed E-state index contributed by atoms with van der Waals surface area (Å²) in [6.45, 7) is 10.2. The van der Waals surface area contributed by atoms with E-state index >= 15 is 0 Å². The molecule has 8 heteroatoms. The molecule has 3 N–H and O–H groups in total. The summed E-state index contributed by atoms with van der Waals surface area (Å²) >= 11 is 0. The van der Waals surface area contributed by atoms with Gasteiger partial charge in [-0.1, -0.05) is 0 Å². The van der Waals surface area contributed by atoms with E-state index in [1.807, 2.05) is 36.4 Å². The van der Waals surface area contributed by atoms with E-state index in [4.69, 9.17) is 12.7 Å². The van der Waals surface area contributed by atoms with Gasteiger partial charge in [-0.2, -0.15) is 5.26 Å². The Kier molecular flexibility index (Phi) is 11.6. The van der Waals surface area contributed by atoms with Crippen molar-refractivity contribution in [3.8, 4) is 17.2 Å². The molecule has 1 radical (unpaired) electrons. The van der Waals surface area contributed by atoms with Crippen LogP contribution < -0.4 is 16.0 Å². The van der Waals surface area contributed by atoms with Crippen molar-refractivity contribution in [3.63, 3.8) is 0 Å². The van der Waals surface area contributed by atoms with Gasteiger partial charge >= 0.3 is 194 Å². The summed E-state index contributed by atoms with van der Waals surface area (Å²) in [6, 6.07) is 22.1. The first-order valence-electron chi connectivity index (χ1n) is 11.9. The second-order valence-electron chi connectivity index (χ2n) is 8.42. The molecule has 0 aliphatic heterocycles. The Hall–Kier alpha value is -4.09. The molecule has 0 saturated heterocycles. The Morgan fingerprint density at radius 3 is 2.29 bits per heavy atom. The van der Waals surface area contributed by atoms with Gasteiger partial charge in [-0.05, 0) is 7.05 Å². The SMILES string of the molecule is CNCC#N.[B]=C(NC(C)c1cc(-c2ccccc2)cc(C(F)(F)F)c1)c1ccccc1CNC(=C)C=C. The minimum atomic E-state index is -4.46. The topological polar surface area (TPSA) is 59.9 Å². The van der Waals surface area contributed by atoms with Gasteiger partial charge < -0.3 is 5.32 Å². The molecular formula is C30H31BF3N4. The van der Waals surface area contributed by atoms with E-state index < -0.39 is 17.8 Å². The summed E-state index contributed by atoms with van der Waals surface area (Å²) in [5, 5.41) is 16.7. The Balaban J connectivity index is 0.000000926. The normalized spacial score (nSPS) is 11.2. The fourth-order valence-electron chi connectivity index (χ4n) is 3.55. The van der Waals surface area contributed by atoms with Crippen LogP contribution >= 0.6 is 0 Å². The molecule has 0 fully saturated rings. The minimum absolute atomic E-state index is 0.378. The van der Waals surface area contributed by atoms with Crippen LogP contribution in [0.5, 0.6) is 0 Å². The molecule has 0 aliphatic rings. The van der Waals surface area contributed by atoms with Gasteiger partial charge in [0.2, 0.25) is 0 Å². The molecular weight excluding hydrogens is 484 g/mol. The summed E-state index contributed by atoms with van der Waals surface area (Å²) in [5.74, 6) is 0. The van der Waals surface area contributed by atoms with Crippen molar-refractivity contribution < 1.29 is 13.2 Å². The van der Waals surface area contributed by atoms with Gasteiger partial charge in [0.25, 0.3) is 0 Å². The number of hydrogen-bond donors (Lipinski definition) is 3. The number of nitrogens with zero attached hydrogens (tertiary/aromatic N) is 1. The van der Waals surface area contributed by atoms with Crippen LogP contribution in [0.25, 0.3) is 11.1 Å². The Bertz CT molecular complexity index is 1280. The van der Waals surface area contributed by atoms with E-state index in [1.54, 1.807) is 50.4 Å². The molecule has 38 heavy (non-hydrogen) atoms. The van der Waals surface area contributed by atoms with Crippen LogP contribution in [0, 0.1) is 11.3 Å². The number of alkyl halides is 3. The van der Waals surface area contributed by atoms with Gasteiger partial charge in [0, 0.05) is 0 Å². The molecule has 3 rings (SSSR count). The maximum absolute atomic E-state index is 13.6. The second kappa shape index (κ2) is 14.6. The van der Waals surface area contributed by atoms with E-state index in [-0.39, 0.29) is 0 Å². The molecule has 0 saturated carbocycles. The summed E-state index contributed by atoms with van der Waals surface area (Å²) in [7, 11) is 8.10. The van der Waals surface area contributed by atoms with Crippen molar-refractivity contribution in [3.05, 3.63) is 120 Å². The Labute approximate surface area is 224 Å². The Morgan fingerprint density at radius 2 is 1.71 bits per heavy atom. The van der Waals surface area contributed by atoms with Crippen LogP contribution in [-0.2, 0) is 12.7 Å². The molecule has 3 aromatic rings. The first kappa shape index (κ1) is 30.1. The molecule has 1 atom stereocenters. The van der Waals surface area contributed by atoms with Gasteiger partial charge in [-0.3, -0.25) is 0 Å². The van der Waals surface area contributed by atoms with Crippen molar-refractivity contribution >= 4 is 13.1 Å². The fraction of sp³-hybridized carbons (Fsp3) is 0.200. The summed E-state index contributed by atoms with van der Waals surface area (Å²) in [4.78, 5) is 0. The summed E-state index contributed by atoms with van der Waals surface area (Å²) in [6.07, 6.45) is -2.84. The predicted octanol–water partition coefficient (Wildman–Crippen LogP) is 5.89. The number of benzene rings is 3. The standard InChI is InChI=1S/C27H25BF3N2.C3H6N2/c1-4-18(2)32-17-21-12-8-9-13-25(21)26(28)33-19(3)22-14-23(20-10-6-5-7-11-20)16-24(15-22)27(29,30)31;1-5-3-2-4/h4-16,19,32-33H,1-2,17H2,3H3;5H,3H2,1H3. The monoisotopic (exact) mass is 515 g/mol. The van der Waals surface area contributed by atoms with Gasteiger partial charge in [0.15, 0.2) is 0 Å². The molecule has 0 aromatic heterocycles. The van der Waals surface area contributed by atoms with Crippen molar-refractivity contribution in [1.82, 2.24) is 16.0 Å². The summed E-state index contributed by atoms with van der Waals surface area (Å²) < 4.78 is 40.8. The average Bonchev–Trinajstić information content (AvgIpc) is 2.92. The van der Waals surface area contributed by atoms with Crippen molar-refractivity contribution in [1.29, 1.82) is 5.26 Å².